The summed E-state index contributed by atoms with van der Waals surface area (Å²) in [5.41, 5.74) is 0.983. The zero-order valence-electron chi connectivity index (χ0n) is 15.8. The van der Waals surface area contributed by atoms with Gasteiger partial charge < -0.3 is 5.32 Å². The highest BCUT2D eigenvalue weighted by Gasteiger charge is 2.19. The van der Waals surface area contributed by atoms with E-state index in [0.29, 0.717) is 28.7 Å². The SMILES string of the molecule is CCCCCNc1nc2c(c(=O)n(C)c(=O)n2C)n1Cc1cccc(Cl)c1. The molecule has 8 heteroatoms. The largest absolute Gasteiger partial charge is 0.356 e. The normalized spacial score (nSPS) is 11.3. The number of aromatic nitrogens is 4. The molecule has 0 amide bonds. The topological polar surface area (TPSA) is 73.8 Å². The van der Waals surface area contributed by atoms with Crippen LogP contribution in [0.1, 0.15) is 31.7 Å². The van der Waals surface area contributed by atoms with Crippen molar-refractivity contribution in [2.75, 3.05) is 11.9 Å². The van der Waals surface area contributed by atoms with Gasteiger partial charge in [-0.3, -0.25) is 18.5 Å². The lowest BCUT2D eigenvalue weighted by Crippen LogP contribution is -2.37. The third-order valence-corrected chi connectivity index (χ3v) is 4.88. The minimum Gasteiger partial charge on any atom is -0.356 e. The van der Waals surface area contributed by atoms with Crippen molar-refractivity contribution < 1.29 is 0 Å². The zero-order valence-corrected chi connectivity index (χ0v) is 16.6. The molecule has 0 fully saturated rings. The van der Waals surface area contributed by atoms with Gasteiger partial charge in [0.2, 0.25) is 5.95 Å². The Labute approximate surface area is 162 Å². The van der Waals surface area contributed by atoms with E-state index in [1.54, 1.807) is 7.05 Å². The number of nitrogens with zero attached hydrogens (tertiary/aromatic N) is 4. The molecule has 0 unspecified atom stereocenters. The molecule has 2 aromatic heterocycles. The maximum atomic E-state index is 12.8. The fraction of sp³-hybridized carbons (Fsp3) is 0.421. The van der Waals surface area contributed by atoms with Crippen LogP contribution in [0.25, 0.3) is 11.2 Å². The molecule has 0 saturated heterocycles. The Morgan fingerprint density at radius 2 is 1.93 bits per heavy atom. The Hall–Kier alpha value is -2.54. The fourth-order valence-electron chi connectivity index (χ4n) is 3.13. The van der Waals surface area contributed by atoms with Crippen molar-refractivity contribution in [3.63, 3.8) is 0 Å². The van der Waals surface area contributed by atoms with E-state index in [4.69, 9.17) is 11.6 Å². The second-order valence-corrected chi connectivity index (χ2v) is 7.10. The number of hydrogen-bond acceptors (Lipinski definition) is 4. The summed E-state index contributed by atoms with van der Waals surface area (Å²) in [6.07, 6.45) is 3.24. The molecule has 0 bridgehead atoms. The van der Waals surface area contributed by atoms with Crippen LogP contribution >= 0.6 is 11.6 Å². The van der Waals surface area contributed by atoms with Crippen LogP contribution in [0, 0.1) is 0 Å². The number of imidazole rings is 1. The first-order valence-electron chi connectivity index (χ1n) is 9.08. The third-order valence-electron chi connectivity index (χ3n) is 4.64. The lowest BCUT2D eigenvalue weighted by Gasteiger charge is -2.11. The molecule has 144 valence electrons. The second-order valence-electron chi connectivity index (χ2n) is 6.66. The van der Waals surface area contributed by atoms with Crippen molar-refractivity contribution in [3.05, 3.63) is 55.7 Å². The molecular formula is C19H24ClN5O2. The average molecular weight is 390 g/mol. The molecule has 3 aromatic rings. The molecule has 3 rings (SSSR count). The van der Waals surface area contributed by atoms with Gasteiger partial charge in [-0.1, -0.05) is 43.5 Å². The molecule has 2 heterocycles. The quantitative estimate of drug-likeness (QED) is 0.630. The Balaban J connectivity index is 2.14. The summed E-state index contributed by atoms with van der Waals surface area (Å²) in [5.74, 6) is 0.583. The van der Waals surface area contributed by atoms with Gasteiger partial charge in [0.05, 0.1) is 6.54 Å². The van der Waals surface area contributed by atoms with Crippen LogP contribution in [0.5, 0.6) is 0 Å². The van der Waals surface area contributed by atoms with Crippen molar-refractivity contribution in [3.8, 4) is 0 Å². The number of aryl methyl sites for hydroxylation is 1. The summed E-state index contributed by atoms with van der Waals surface area (Å²) < 4.78 is 4.34. The Morgan fingerprint density at radius 3 is 2.63 bits per heavy atom. The second kappa shape index (κ2) is 8.00. The molecule has 0 aliphatic heterocycles. The van der Waals surface area contributed by atoms with E-state index in [9.17, 15) is 9.59 Å². The van der Waals surface area contributed by atoms with Crippen molar-refractivity contribution in [1.29, 1.82) is 0 Å². The van der Waals surface area contributed by atoms with Gasteiger partial charge in [-0.2, -0.15) is 4.98 Å². The number of hydrogen-bond donors (Lipinski definition) is 1. The summed E-state index contributed by atoms with van der Waals surface area (Å²) in [6, 6.07) is 7.49. The molecule has 27 heavy (non-hydrogen) atoms. The maximum Gasteiger partial charge on any atom is 0.332 e. The number of fused-ring (bicyclic) bond motifs is 1. The van der Waals surface area contributed by atoms with Gasteiger partial charge >= 0.3 is 5.69 Å². The average Bonchev–Trinajstić information content (AvgIpc) is 3.00. The minimum atomic E-state index is -0.391. The van der Waals surface area contributed by atoms with Gasteiger partial charge in [-0.25, -0.2) is 4.79 Å². The van der Waals surface area contributed by atoms with Crippen molar-refractivity contribution in [1.82, 2.24) is 18.7 Å². The zero-order chi connectivity index (χ0) is 19.6. The Kier molecular flexibility index (Phi) is 5.70. The van der Waals surface area contributed by atoms with Crippen LogP contribution in [0.15, 0.2) is 33.9 Å². The van der Waals surface area contributed by atoms with E-state index >= 15 is 0 Å². The van der Waals surface area contributed by atoms with Gasteiger partial charge in [-0.15, -0.1) is 0 Å². The molecule has 0 atom stereocenters. The lowest BCUT2D eigenvalue weighted by atomic mass is 10.2. The predicted molar refractivity (Wildman–Crippen MR) is 109 cm³/mol. The number of unbranched alkanes of at least 4 members (excludes halogenated alkanes) is 2. The van der Waals surface area contributed by atoms with Gasteiger partial charge in [0, 0.05) is 25.7 Å². The Morgan fingerprint density at radius 1 is 1.15 bits per heavy atom. The summed E-state index contributed by atoms with van der Waals surface area (Å²) in [6.45, 7) is 3.33. The third kappa shape index (κ3) is 3.78. The summed E-state index contributed by atoms with van der Waals surface area (Å²) in [4.78, 5) is 29.6. The minimum absolute atomic E-state index is 0.357. The predicted octanol–water partition coefficient (Wildman–Crippen LogP) is 2.74. The lowest BCUT2D eigenvalue weighted by molar-refractivity contribution is 0.702. The molecular weight excluding hydrogens is 366 g/mol. The number of nitrogens with one attached hydrogen (secondary N) is 1. The standard InChI is InChI=1S/C19H24ClN5O2/c1-4-5-6-10-21-18-22-16-15(17(26)24(3)19(27)23(16)2)25(18)12-13-8-7-9-14(20)11-13/h7-9,11H,4-6,10,12H2,1-3H3,(H,21,22). The molecule has 1 aromatic carbocycles. The van der Waals surface area contributed by atoms with Crippen molar-refractivity contribution >= 4 is 28.7 Å². The highest BCUT2D eigenvalue weighted by Crippen LogP contribution is 2.19. The molecule has 0 saturated carbocycles. The van der Waals surface area contributed by atoms with Crippen molar-refractivity contribution in [2.24, 2.45) is 14.1 Å². The smallest absolute Gasteiger partial charge is 0.332 e. The highest BCUT2D eigenvalue weighted by molar-refractivity contribution is 6.30. The van der Waals surface area contributed by atoms with Crippen LogP contribution in [0.3, 0.4) is 0 Å². The number of anilines is 1. The summed E-state index contributed by atoms with van der Waals surface area (Å²) in [7, 11) is 3.11. The van der Waals surface area contributed by atoms with Crippen LogP contribution < -0.4 is 16.6 Å². The molecule has 0 aliphatic rings. The van der Waals surface area contributed by atoms with Gasteiger partial charge in [0.25, 0.3) is 5.56 Å². The summed E-state index contributed by atoms with van der Waals surface area (Å²) >= 11 is 6.11. The van der Waals surface area contributed by atoms with Crippen LogP contribution in [0.2, 0.25) is 5.02 Å². The number of benzene rings is 1. The number of halogens is 1. The monoisotopic (exact) mass is 389 g/mol. The highest BCUT2D eigenvalue weighted by atomic mass is 35.5. The summed E-state index contributed by atoms with van der Waals surface area (Å²) in [5, 5.41) is 3.96. The van der Waals surface area contributed by atoms with Crippen molar-refractivity contribution in [2.45, 2.75) is 32.7 Å². The fourth-order valence-corrected chi connectivity index (χ4v) is 3.34. The molecule has 0 radical (unpaired) electrons. The van der Waals surface area contributed by atoms with E-state index < -0.39 is 5.69 Å². The molecule has 0 aliphatic carbocycles. The number of rotatable bonds is 7. The first-order valence-corrected chi connectivity index (χ1v) is 9.46. The van der Waals surface area contributed by atoms with Crippen LogP contribution in [-0.4, -0.2) is 25.2 Å². The van der Waals surface area contributed by atoms with E-state index in [1.165, 1.54) is 11.6 Å². The molecule has 7 nitrogen and oxygen atoms in total. The van der Waals surface area contributed by atoms with Crippen LogP contribution in [-0.2, 0) is 20.6 Å². The van der Waals surface area contributed by atoms with E-state index in [-0.39, 0.29) is 5.56 Å². The van der Waals surface area contributed by atoms with E-state index in [0.717, 1.165) is 35.9 Å². The maximum absolute atomic E-state index is 12.8. The van der Waals surface area contributed by atoms with E-state index in [2.05, 4.69) is 17.2 Å². The van der Waals surface area contributed by atoms with Gasteiger partial charge in [0.1, 0.15) is 0 Å². The van der Waals surface area contributed by atoms with Gasteiger partial charge in [0.15, 0.2) is 11.2 Å². The van der Waals surface area contributed by atoms with E-state index in [1.807, 2.05) is 28.8 Å². The molecule has 1 N–H and O–H groups in total. The van der Waals surface area contributed by atoms with Crippen LogP contribution in [0.4, 0.5) is 5.95 Å². The first kappa shape index (κ1) is 19.2. The Bertz CT molecular complexity index is 1080. The first-order chi connectivity index (χ1) is 12.9. The molecule has 0 spiro atoms. The van der Waals surface area contributed by atoms with Gasteiger partial charge in [-0.05, 0) is 24.1 Å².